The van der Waals surface area contributed by atoms with Crippen LogP contribution >= 0.6 is 12.2 Å². The van der Waals surface area contributed by atoms with Crippen molar-refractivity contribution in [1.82, 2.24) is 15.5 Å². The summed E-state index contributed by atoms with van der Waals surface area (Å²) < 4.78 is 33.7. The zero-order valence-corrected chi connectivity index (χ0v) is 13.7. The van der Waals surface area contributed by atoms with Crippen LogP contribution < -0.4 is 10.6 Å². The number of carbonyl (C=O) groups excluding carboxylic acids is 1. The normalized spacial score (nSPS) is 24.3. The van der Waals surface area contributed by atoms with Crippen LogP contribution in [-0.2, 0) is 9.53 Å². The lowest BCUT2D eigenvalue weighted by Crippen LogP contribution is -2.55. The van der Waals surface area contributed by atoms with Gasteiger partial charge in [-0.1, -0.05) is 12.6 Å². The zero-order valence-electron chi connectivity index (χ0n) is 12.9. The number of nitrogens with zero attached hydrogens (tertiary/aromatic N) is 1. The Morgan fingerprint density at radius 1 is 1.29 bits per heavy atom. The highest BCUT2D eigenvalue weighted by Crippen LogP contribution is 2.34. The van der Waals surface area contributed by atoms with Crippen molar-refractivity contribution in [2.24, 2.45) is 5.92 Å². The highest BCUT2D eigenvalue weighted by Gasteiger charge is 2.41. The predicted octanol–water partition coefficient (Wildman–Crippen LogP) is 1.47. The lowest BCUT2D eigenvalue weighted by atomic mass is 9.87. The second-order valence-electron chi connectivity index (χ2n) is 5.65. The minimum atomic E-state index is -0.956. The highest BCUT2D eigenvalue weighted by atomic mass is 32.1. The molecule has 2 N–H and O–H groups in total. The molecule has 5 nitrogen and oxygen atoms in total. The summed E-state index contributed by atoms with van der Waals surface area (Å²) in [6, 6.07) is 2.64. The van der Waals surface area contributed by atoms with Gasteiger partial charge < -0.3 is 20.3 Å². The van der Waals surface area contributed by atoms with Crippen LogP contribution in [0.2, 0.25) is 0 Å². The number of rotatable bonds is 2. The summed E-state index contributed by atoms with van der Waals surface area (Å²) >= 11 is 5.07. The smallest absolute Gasteiger partial charge is 0.234 e. The summed E-state index contributed by atoms with van der Waals surface area (Å²) in [6.45, 7) is 5.56. The van der Waals surface area contributed by atoms with E-state index in [1.165, 1.54) is 6.07 Å². The molecule has 2 saturated heterocycles. The van der Waals surface area contributed by atoms with E-state index in [1.54, 1.807) is 4.90 Å². The molecule has 24 heavy (non-hydrogen) atoms. The monoisotopic (exact) mass is 353 g/mol. The largest absolute Gasteiger partial charge is 0.378 e. The van der Waals surface area contributed by atoms with E-state index in [-0.39, 0.29) is 16.6 Å². The Hall–Kier alpha value is -2.06. The van der Waals surface area contributed by atoms with Crippen molar-refractivity contribution in [3.05, 3.63) is 47.7 Å². The van der Waals surface area contributed by atoms with Crippen LogP contribution in [0.25, 0.3) is 0 Å². The first-order valence-corrected chi connectivity index (χ1v) is 7.96. The number of nitrogens with one attached hydrogen (secondary N) is 2. The quantitative estimate of drug-likeness (QED) is 0.789. The first-order chi connectivity index (χ1) is 11.5. The second-order valence-corrected chi connectivity index (χ2v) is 6.06. The van der Waals surface area contributed by atoms with Crippen LogP contribution in [0.5, 0.6) is 0 Å². The Morgan fingerprint density at radius 3 is 2.54 bits per heavy atom. The average molecular weight is 353 g/mol. The van der Waals surface area contributed by atoms with Gasteiger partial charge in [-0.3, -0.25) is 4.79 Å². The molecule has 2 atom stereocenters. The molecule has 0 bridgehead atoms. The van der Waals surface area contributed by atoms with Gasteiger partial charge in [-0.2, -0.15) is 0 Å². The summed E-state index contributed by atoms with van der Waals surface area (Å²) in [5.74, 6) is -2.60. The Bertz CT molecular complexity index is 672. The standard InChI is InChI=1S/C16H17F2N3O2S/c1-9-12(15(22)21-5-7-23-8-6-21)14(20-16(24)19-9)13-10(17)3-2-4-11(13)18/h2-4,12,14H,1,5-8H2,(H2,19,20,24)/t12-,14+/m0/s1. The number of halogens is 2. The summed E-state index contributed by atoms with van der Waals surface area (Å²) in [4.78, 5) is 14.5. The number of hydrogen-bond acceptors (Lipinski definition) is 3. The van der Waals surface area contributed by atoms with Crippen LogP contribution in [0.15, 0.2) is 30.5 Å². The molecule has 2 heterocycles. The molecule has 2 aliphatic heterocycles. The van der Waals surface area contributed by atoms with Crippen molar-refractivity contribution >= 4 is 23.2 Å². The molecule has 1 aromatic carbocycles. The van der Waals surface area contributed by atoms with E-state index in [0.717, 1.165) is 12.1 Å². The molecule has 3 rings (SSSR count). The van der Waals surface area contributed by atoms with E-state index in [4.69, 9.17) is 17.0 Å². The lowest BCUT2D eigenvalue weighted by Gasteiger charge is -2.39. The number of amides is 1. The minimum absolute atomic E-state index is 0.179. The fraction of sp³-hybridized carbons (Fsp3) is 0.375. The zero-order chi connectivity index (χ0) is 17.3. The SMILES string of the molecule is C=C1NC(=S)N[C@@H](c2c(F)cccc2F)[C@H]1C(=O)N1CCOCC1. The first kappa shape index (κ1) is 16.8. The summed E-state index contributed by atoms with van der Waals surface area (Å²) in [6.07, 6.45) is 0. The van der Waals surface area contributed by atoms with Crippen molar-refractivity contribution in [2.75, 3.05) is 26.3 Å². The van der Waals surface area contributed by atoms with E-state index in [1.807, 2.05) is 0 Å². The molecule has 0 spiro atoms. The molecule has 0 aromatic heterocycles. The van der Waals surface area contributed by atoms with Crippen molar-refractivity contribution < 1.29 is 18.3 Å². The van der Waals surface area contributed by atoms with Gasteiger partial charge in [0.1, 0.15) is 17.6 Å². The Kier molecular flexibility index (Phi) is 4.77. The molecule has 8 heteroatoms. The molecule has 0 radical (unpaired) electrons. The molecule has 128 valence electrons. The van der Waals surface area contributed by atoms with Gasteiger partial charge >= 0.3 is 0 Å². The molecule has 1 aromatic rings. The molecule has 2 aliphatic rings. The second kappa shape index (κ2) is 6.82. The van der Waals surface area contributed by atoms with Crippen LogP contribution in [0, 0.1) is 17.6 Å². The molecule has 1 amide bonds. The minimum Gasteiger partial charge on any atom is -0.378 e. The number of thiocarbonyl (C=S) groups is 1. The van der Waals surface area contributed by atoms with E-state index in [0.29, 0.717) is 32.0 Å². The van der Waals surface area contributed by atoms with Gasteiger partial charge in [-0.25, -0.2) is 8.78 Å². The fourth-order valence-corrected chi connectivity index (χ4v) is 3.26. The maximum Gasteiger partial charge on any atom is 0.234 e. The maximum absolute atomic E-state index is 14.2. The number of benzene rings is 1. The van der Waals surface area contributed by atoms with Gasteiger partial charge in [-0.05, 0) is 24.4 Å². The molecule has 0 aliphatic carbocycles. The van der Waals surface area contributed by atoms with Crippen molar-refractivity contribution in [1.29, 1.82) is 0 Å². The van der Waals surface area contributed by atoms with Crippen molar-refractivity contribution in [3.63, 3.8) is 0 Å². The van der Waals surface area contributed by atoms with Gasteiger partial charge in [-0.15, -0.1) is 0 Å². The molecule has 0 unspecified atom stereocenters. The van der Waals surface area contributed by atoms with Crippen molar-refractivity contribution in [2.45, 2.75) is 6.04 Å². The van der Waals surface area contributed by atoms with E-state index >= 15 is 0 Å². The van der Waals surface area contributed by atoms with Gasteiger partial charge in [0.05, 0.1) is 19.3 Å². The molecule has 2 fully saturated rings. The molecular weight excluding hydrogens is 336 g/mol. The van der Waals surface area contributed by atoms with E-state index < -0.39 is 23.6 Å². The Balaban J connectivity index is 1.98. The van der Waals surface area contributed by atoms with Crippen molar-refractivity contribution in [3.8, 4) is 0 Å². The lowest BCUT2D eigenvalue weighted by molar-refractivity contribution is -0.139. The van der Waals surface area contributed by atoms with Crippen LogP contribution in [0.1, 0.15) is 11.6 Å². The van der Waals surface area contributed by atoms with Crippen LogP contribution in [0.3, 0.4) is 0 Å². The van der Waals surface area contributed by atoms with Gasteiger partial charge in [0.25, 0.3) is 0 Å². The van der Waals surface area contributed by atoms with Gasteiger partial charge in [0.2, 0.25) is 5.91 Å². The number of ether oxygens (including phenoxy) is 1. The number of morpholine rings is 1. The third-order valence-electron chi connectivity index (χ3n) is 4.17. The summed E-state index contributed by atoms with van der Waals surface area (Å²) in [5, 5.41) is 5.79. The molecule has 0 saturated carbocycles. The highest BCUT2D eigenvalue weighted by molar-refractivity contribution is 7.80. The van der Waals surface area contributed by atoms with Gasteiger partial charge in [0.15, 0.2) is 5.11 Å². The first-order valence-electron chi connectivity index (χ1n) is 7.56. The number of hydrogen-bond donors (Lipinski definition) is 2. The van der Waals surface area contributed by atoms with Crippen LogP contribution in [0.4, 0.5) is 8.78 Å². The topological polar surface area (TPSA) is 53.6 Å². The van der Waals surface area contributed by atoms with E-state index in [2.05, 4.69) is 17.2 Å². The summed E-state index contributed by atoms with van der Waals surface area (Å²) in [5.41, 5.74) is 0.108. The Labute approximate surface area is 143 Å². The summed E-state index contributed by atoms with van der Waals surface area (Å²) in [7, 11) is 0. The third kappa shape index (κ3) is 3.11. The van der Waals surface area contributed by atoms with Crippen LogP contribution in [-0.4, -0.2) is 42.2 Å². The third-order valence-corrected chi connectivity index (χ3v) is 4.39. The fourth-order valence-electron chi connectivity index (χ4n) is 3.00. The van der Waals surface area contributed by atoms with E-state index in [9.17, 15) is 13.6 Å². The maximum atomic E-state index is 14.2. The van der Waals surface area contributed by atoms with Gasteiger partial charge in [0, 0.05) is 24.4 Å². The Morgan fingerprint density at radius 2 is 1.92 bits per heavy atom. The molecular formula is C16H17F2N3O2S. The average Bonchev–Trinajstić information content (AvgIpc) is 2.54. The number of carbonyl (C=O) groups is 1. The predicted molar refractivity (Wildman–Crippen MR) is 88.0 cm³/mol.